The van der Waals surface area contributed by atoms with Gasteiger partial charge in [0.25, 0.3) is 0 Å². The minimum Gasteiger partial charge on any atom is -0.375 e. The highest BCUT2D eigenvalue weighted by Gasteiger charge is 2.42. The summed E-state index contributed by atoms with van der Waals surface area (Å²) in [6.07, 6.45) is 10.6. The third-order valence-electron chi connectivity index (χ3n) is 5.58. The van der Waals surface area contributed by atoms with Gasteiger partial charge in [0.05, 0.1) is 5.60 Å². The quantitative estimate of drug-likeness (QED) is 0.846. The van der Waals surface area contributed by atoms with Crippen molar-refractivity contribution in [3.63, 3.8) is 0 Å². The van der Waals surface area contributed by atoms with Crippen molar-refractivity contribution in [1.82, 2.24) is 10.2 Å². The van der Waals surface area contributed by atoms with Crippen LogP contribution in [0.5, 0.6) is 0 Å². The first kappa shape index (κ1) is 13.8. The highest BCUT2D eigenvalue weighted by Crippen LogP contribution is 2.42. The monoisotopic (exact) mass is 266 g/mol. The van der Waals surface area contributed by atoms with Gasteiger partial charge in [0.2, 0.25) is 0 Å². The van der Waals surface area contributed by atoms with Crippen LogP contribution in [0.25, 0.3) is 0 Å². The van der Waals surface area contributed by atoms with Crippen LogP contribution in [-0.4, -0.2) is 49.8 Å². The number of hydrogen-bond acceptors (Lipinski definition) is 3. The zero-order chi connectivity index (χ0) is 13.1. The molecule has 3 rings (SSSR count). The number of nitrogens with one attached hydrogen (secondary N) is 1. The topological polar surface area (TPSA) is 24.5 Å². The molecule has 3 nitrogen and oxygen atoms in total. The van der Waals surface area contributed by atoms with Crippen molar-refractivity contribution in [3.8, 4) is 0 Å². The van der Waals surface area contributed by atoms with E-state index in [-0.39, 0.29) is 0 Å². The minimum atomic E-state index is 0.295. The van der Waals surface area contributed by atoms with Gasteiger partial charge in [-0.15, -0.1) is 0 Å². The van der Waals surface area contributed by atoms with Gasteiger partial charge in [-0.2, -0.15) is 0 Å². The summed E-state index contributed by atoms with van der Waals surface area (Å²) >= 11 is 0. The first-order valence-electron chi connectivity index (χ1n) is 8.32. The molecular weight excluding hydrogens is 236 g/mol. The molecule has 0 aromatic rings. The smallest absolute Gasteiger partial charge is 0.0697 e. The summed E-state index contributed by atoms with van der Waals surface area (Å²) in [5, 5.41) is 3.81. The molecule has 2 heterocycles. The fraction of sp³-hybridized carbons (Fsp3) is 1.00. The fourth-order valence-corrected chi connectivity index (χ4v) is 3.96. The SMILES string of the molecule is CN1CCC(CCNC2CCOC3(CCC3)C2)CC1. The van der Waals surface area contributed by atoms with E-state index >= 15 is 0 Å². The molecule has 3 aliphatic rings. The third kappa shape index (κ3) is 3.50. The summed E-state index contributed by atoms with van der Waals surface area (Å²) in [5.41, 5.74) is 0.295. The molecule has 3 heteroatoms. The predicted octanol–water partition coefficient (Wildman–Crippen LogP) is 2.41. The molecule has 3 fully saturated rings. The lowest BCUT2D eigenvalue weighted by atomic mass is 9.74. The predicted molar refractivity (Wildman–Crippen MR) is 78.4 cm³/mol. The first-order chi connectivity index (χ1) is 9.26. The van der Waals surface area contributed by atoms with Crippen LogP contribution >= 0.6 is 0 Å². The van der Waals surface area contributed by atoms with Crippen molar-refractivity contribution in [2.45, 2.75) is 63.0 Å². The molecule has 0 aromatic carbocycles. The van der Waals surface area contributed by atoms with Gasteiger partial charge in [-0.1, -0.05) is 0 Å². The molecule has 0 bridgehead atoms. The molecule has 1 N–H and O–H groups in total. The van der Waals surface area contributed by atoms with E-state index in [2.05, 4.69) is 17.3 Å². The Morgan fingerprint density at radius 1 is 1.21 bits per heavy atom. The van der Waals surface area contributed by atoms with Crippen LogP contribution in [0.3, 0.4) is 0 Å². The number of nitrogens with zero attached hydrogens (tertiary/aromatic N) is 1. The van der Waals surface area contributed by atoms with Crippen LogP contribution in [0.1, 0.15) is 51.4 Å². The second-order valence-electron chi connectivity index (χ2n) is 7.06. The van der Waals surface area contributed by atoms with E-state index in [1.807, 2.05) is 0 Å². The van der Waals surface area contributed by atoms with Crippen LogP contribution < -0.4 is 5.32 Å². The highest BCUT2D eigenvalue weighted by atomic mass is 16.5. The van der Waals surface area contributed by atoms with Crippen molar-refractivity contribution in [2.75, 3.05) is 33.3 Å². The van der Waals surface area contributed by atoms with Gasteiger partial charge in [-0.3, -0.25) is 0 Å². The van der Waals surface area contributed by atoms with Crippen molar-refractivity contribution >= 4 is 0 Å². The van der Waals surface area contributed by atoms with Crippen LogP contribution in [0.4, 0.5) is 0 Å². The van der Waals surface area contributed by atoms with Crippen LogP contribution in [0.15, 0.2) is 0 Å². The number of piperidine rings is 1. The third-order valence-corrected chi connectivity index (χ3v) is 5.58. The Hall–Kier alpha value is -0.120. The lowest BCUT2D eigenvalue weighted by molar-refractivity contribution is -0.135. The van der Waals surface area contributed by atoms with Gasteiger partial charge >= 0.3 is 0 Å². The summed E-state index contributed by atoms with van der Waals surface area (Å²) in [6, 6.07) is 0.723. The van der Waals surface area contributed by atoms with Crippen LogP contribution in [0.2, 0.25) is 0 Å². The largest absolute Gasteiger partial charge is 0.375 e. The molecule has 0 aromatic heterocycles. The number of likely N-dealkylation sites (tertiary alicyclic amines) is 1. The van der Waals surface area contributed by atoms with Gasteiger partial charge < -0.3 is 15.0 Å². The average Bonchev–Trinajstić information content (AvgIpc) is 2.40. The van der Waals surface area contributed by atoms with E-state index in [4.69, 9.17) is 4.74 Å². The van der Waals surface area contributed by atoms with Gasteiger partial charge in [0.15, 0.2) is 0 Å². The molecule has 2 saturated heterocycles. The molecule has 19 heavy (non-hydrogen) atoms. The molecule has 0 amide bonds. The Morgan fingerprint density at radius 3 is 2.68 bits per heavy atom. The Bertz CT molecular complexity index is 282. The van der Waals surface area contributed by atoms with Crippen molar-refractivity contribution < 1.29 is 4.74 Å². The normalized spacial score (nSPS) is 32.4. The van der Waals surface area contributed by atoms with Gasteiger partial charge in [0, 0.05) is 12.6 Å². The lowest BCUT2D eigenvalue weighted by Gasteiger charge is -2.47. The summed E-state index contributed by atoms with van der Waals surface area (Å²) in [5.74, 6) is 0.959. The van der Waals surface area contributed by atoms with Crippen molar-refractivity contribution in [1.29, 1.82) is 0 Å². The highest BCUT2D eigenvalue weighted by molar-refractivity contribution is 4.96. The molecular formula is C16H30N2O. The molecule has 110 valence electrons. The summed E-state index contributed by atoms with van der Waals surface area (Å²) < 4.78 is 5.99. The molecule has 1 saturated carbocycles. The molecule has 1 spiro atoms. The maximum atomic E-state index is 5.99. The maximum absolute atomic E-state index is 5.99. The number of ether oxygens (including phenoxy) is 1. The van der Waals surface area contributed by atoms with Crippen LogP contribution in [0, 0.1) is 5.92 Å². The van der Waals surface area contributed by atoms with E-state index in [9.17, 15) is 0 Å². The second kappa shape index (κ2) is 6.11. The second-order valence-corrected chi connectivity index (χ2v) is 7.06. The molecule has 1 unspecified atom stereocenters. The lowest BCUT2D eigenvalue weighted by Crippen LogP contribution is -2.51. The zero-order valence-corrected chi connectivity index (χ0v) is 12.5. The minimum absolute atomic E-state index is 0.295. The van der Waals surface area contributed by atoms with Gasteiger partial charge in [0.1, 0.15) is 0 Å². The van der Waals surface area contributed by atoms with E-state index in [0.717, 1.165) is 18.6 Å². The first-order valence-corrected chi connectivity index (χ1v) is 8.32. The molecule has 1 atom stereocenters. The number of hydrogen-bond donors (Lipinski definition) is 1. The standard InChI is InChI=1S/C16H30N2O/c1-18-10-4-14(5-11-18)3-9-17-15-6-12-19-16(13-15)7-2-8-16/h14-15,17H,2-13H2,1H3. The fourth-order valence-electron chi connectivity index (χ4n) is 3.96. The molecule has 0 radical (unpaired) electrons. The van der Waals surface area contributed by atoms with E-state index in [1.54, 1.807) is 0 Å². The van der Waals surface area contributed by atoms with Crippen LogP contribution in [-0.2, 0) is 4.74 Å². The average molecular weight is 266 g/mol. The summed E-state index contributed by atoms with van der Waals surface area (Å²) in [6.45, 7) is 4.79. The van der Waals surface area contributed by atoms with Gasteiger partial charge in [-0.25, -0.2) is 0 Å². The molecule has 2 aliphatic heterocycles. The van der Waals surface area contributed by atoms with E-state index in [1.165, 1.54) is 71.0 Å². The van der Waals surface area contributed by atoms with Gasteiger partial charge in [-0.05, 0) is 84.0 Å². The molecule has 1 aliphatic carbocycles. The van der Waals surface area contributed by atoms with Crippen molar-refractivity contribution in [2.24, 2.45) is 5.92 Å². The summed E-state index contributed by atoms with van der Waals surface area (Å²) in [7, 11) is 2.24. The summed E-state index contributed by atoms with van der Waals surface area (Å²) in [4.78, 5) is 2.46. The van der Waals surface area contributed by atoms with Crippen molar-refractivity contribution in [3.05, 3.63) is 0 Å². The Labute approximate surface area is 118 Å². The Morgan fingerprint density at radius 2 is 2.00 bits per heavy atom. The van der Waals surface area contributed by atoms with E-state index in [0.29, 0.717) is 5.60 Å². The Kier molecular flexibility index (Phi) is 4.45. The maximum Gasteiger partial charge on any atom is 0.0697 e. The zero-order valence-electron chi connectivity index (χ0n) is 12.5. The Balaban J connectivity index is 1.33. The number of rotatable bonds is 4. The van der Waals surface area contributed by atoms with E-state index < -0.39 is 0 Å².